The number of ether oxygens (including phenoxy) is 2. The predicted molar refractivity (Wildman–Crippen MR) is 104 cm³/mol. The first kappa shape index (κ1) is 21.4. The van der Waals surface area contributed by atoms with Crippen LogP contribution in [0.25, 0.3) is 0 Å². The summed E-state index contributed by atoms with van der Waals surface area (Å²) in [6.45, 7) is 4.60. The molecule has 0 spiro atoms. The van der Waals surface area contributed by atoms with E-state index in [1.807, 2.05) is 0 Å². The monoisotopic (exact) mass is 386 g/mol. The Morgan fingerprint density at radius 3 is 2.32 bits per heavy atom. The Kier molecular flexibility index (Phi) is 8.94. The number of hydrogen-bond donors (Lipinski definition) is 1. The van der Waals surface area contributed by atoms with Crippen LogP contribution in [-0.4, -0.2) is 43.2 Å². The van der Waals surface area contributed by atoms with Crippen molar-refractivity contribution >= 4 is 12.0 Å². The van der Waals surface area contributed by atoms with Gasteiger partial charge in [0.2, 0.25) is 0 Å². The van der Waals surface area contributed by atoms with Gasteiger partial charge < -0.3 is 20.1 Å². The molecule has 1 aromatic carbocycles. The maximum Gasteiger partial charge on any atom is 0.409 e. The highest BCUT2D eigenvalue weighted by molar-refractivity contribution is 5.94. The van der Waals surface area contributed by atoms with Crippen molar-refractivity contribution < 1.29 is 23.6 Å². The van der Waals surface area contributed by atoms with Crippen molar-refractivity contribution in [1.29, 1.82) is 0 Å². The molecule has 0 aliphatic carbocycles. The molecule has 150 valence electrons. The van der Waals surface area contributed by atoms with E-state index in [0.717, 1.165) is 0 Å². The fourth-order valence-electron chi connectivity index (χ4n) is 2.71. The molecule has 0 atom stereocenters. The van der Waals surface area contributed by atoms with Gasteiger partial charge in [-0.05, 0) is 12.0 Å². The first-order chi connectivity index (χ1) is 13.6. The SMILES string of the molecule is CCCc1ccccc1.NC(=O)OC[n+]1ccc(C(=O)N2CCOCC2)cc1. The van der Waals surface area contributed by atoms with E-state index in [2.05, 4.69) is 42.0 Å². The normalized spacial score (nSPS) is 13.2. The fraction of sp³-hybridized carbons (Fsp3) is 0.381. The fourth-order valence-corrected chi connectivity index (χ4v) is 2.71. The third-order valence-electron chi connectivity index (χ3n) is 4.17. The second-order valence-electron chi connectivity index (χ2n) is 6.33. The Balaban J connectivity index is 0.000000261. The van der Waals surface area contributed by atoms with Crippen molar-refractivity contribution in [2.24, 2.45) is 5.73 Å². The lowest BCUT2D eigenvalue weighted by Gasteiger charge is -2.26. The van der Waals surface area contributed by atoms with E-state index in [1.165, 1.54) is 18.4 Å². The first-order valence-electron chi connectivity index (χ1n) is 9.42. The predicted octanol–water partition coefficient (Wildman–Crippen LogP) is 2.14. The van der Waals surface area contributed by atoms with Gasteiger partial charge in [-0.1, -0.05) is 43.7 Å². The van der Waals surface area contributed by atoms with Gasteiger partial charge in [-0.2, -0.15) is 4.57 Å². The number of benzene rings is 1. The number of carbonyl (C=O) groups is 2. The molecule has 0 radical (unpaired) electrons. The lowest BCUT2D eigenvalue weighted by atomic mass is 10.1. The summed E-state index contributed by atoms with van der Waals surface area (Å²) in [4.78, 5) is 24.4. The maximum absolute atomic E-state index is 12.1. The lowest BCUT2D eigenvalue weighted by molar-refractivity contribution is -0.727. The molecule has 1 aliphatic rings. The Labute approximate surface area is 165 Å². The van der Waals surface area contributed by atoms with Crippen molar-refractivity contribution in [2.75, 3.05) is 26.3 Å². The van der Waals surface area contributed by atoms with Gasteiger partial charge in [0.1, 0.15) is 0 Å². The summed E-state index contributed by atoms with van der Waals surface area (Å²) in [5.74, 6) is -0.0220. The summed E-state index contributed by atoms with van der Waals surface area (Å²) in [5, 5.41) is 0. The maximum atomic E-state index is 12.1. The van der Waals surface area contributed by atoms with Crippen molar-refractivity contribution in [3.05, 3.63) is 66.0 Å². The number of hydrogen-bond acceptors (Lipinski definition) is 4. The van der Waals surface area contributed by atoms with E-state index in [-0.39, 0.29) is 12.6 Å². The summed E-state index contributed by atoms with van der Waals surface area (Å²) in [7, 11) is 0. The average Bonchev–Trinajstić information content (AvgIpc) is 2.74. The van der Waals surface area contributed by atoms with Crippen LogP contribution in [0.2, 0.25) is 0 Å². The third kappa shape index (κ3) is 7.36. The van der Waals surface area contributed by atoms with Crippen LogP contribution in [0.4, 0.5) is 4.79 Å². The van der Waals surface area contributed by atoms with Gasteiger partial charge in [-0.25, -0.2) is 4.79 Å². The number of nitrogens with two attached hydrogens (primary N) is 1. The zero-order chi connectivity index (χ0) is 20.2. The van der Waals surface area contributed by atoms with Crippen LogP contribution < -0.4 is 10.3 Å². The molecule has 3 rings (SSSR count). The van der Waals surface area contributed by atoms with Crippen LogP contribution in [0.15, 0.2) is 54.9 Å². The lowest BCUT2D eigenvalue weighted by Crippen LogP contribution is -2.41. The molecule has 7 nitrogen and oxygen atoms in total. The minimum Gasteiger partial charge on any atom is -0.389 e. The summed E-state index contributed by atoms with van der Waals surface area (Å²) < 4.78 is 11.4. The van der Waals surface area contributed by atoms with Crippen LogP contribution in [0.5, 0.6) is 0 Å². The molecular weight excluding hydrogens is 358 g/mol. The van der Waals surface area contributed by atoms with Crippen LogP contribution in [0.3, 0.4) is 0 Å². The van der Waals surface area contributed by atoms with Crippen molar-refractivity contribution in [3.8, 4) is 0 Å². The Morgan fingerprint density at radius 2 is 1.75 bits per heavy atom. The molecule has 0 bridgehead atoms. The molecule has 2 aromatic rings. The number of nitrogens with zero attached hydrogens (tertiary/aromatic N) is 2. The van der Waals surface area contributed by atoms with E-state index in [0.29, 0.717) is 31.9 Å². The summed E-state index contributed by atoms with van der Waals surface area (Å²) in [6.07, 6.45) is 4.94. The summed E-state index contributed by atoms with van der Waals surface area (Å²) in [5.41, 5.74) is 6.91. The van der Waals surface area contributed by atoms with Gasteiger partial charge in [-0.15, -0.1) is 0 Å². The Bertz CT molecular complexity index is 729. The van der Waals surface area contributed by atoms with Crippen molar-refractivity contribution in [1.82, 2.24) is 4.90 Å². The van der Waals surface area contributed by atoms with Crippen LogP contribution in [-0.2, 0) is 22.6 Å². The molecular formula is C21H28N3O4+. The number of rotatable bonds is 5. The minimum atomic E-state index is -0.832. The Morgan fingerprint density at radius 1 is 1.11 bits per heavy atom. The molecule has 1 saturated heterocycles. The van der Waals surface area contributed by atoms with E-state index in [1.54, 1.807) is 34.0 Å². The number of carbonyl (C=O) groups excluding carboxylic acids is 2. The Hall–Kier alpha value is -2.93. The summed E-state index contributed by atoms with van der Waals surface area (Å²) in [6, 6.07) is 13.9. The van der Waals surface area contributed by atoms with Gasteiger partial charge in [0.25, 0.3) is 12.6 Å². The number of aromatic nitrogens is 1. The molecule has 28 heavy (non-hydrogen) atoms. The van der Waals surface area contributed by atoms with E-state index in [9.17, 15) is 9.59 Å². The molecule has 0 saturated carbocycles. The van der Waals surface area contributed by atoms with Gasteiger partial charge >= 0.3 is 6.09 Å². The number of pyridine rings is 1. The average molecular weight is 386 g/mol. The van der Waals surface area contributed by atoms with Crippen molar-refractivity contribution in [2.45, 2.75) is 26.5 Å². The van der Waals surface area contributed by atoms with Crippen molar-refractivity contribution in [3.63, 3.8) is 0 Å². The molecule has 7 heteroatoms. The molecule has 1 fully saturated rings. The molecule has 0 unspecified atom stereocenters. The highest BCUT2D eigenvalue weighted by Gasteiger charge is 2.19. The number of primary amides is 1. The molecule has 2 N–H and O–H groups in total. The zero-order valence-corrected chi connectivity index (χ0v) is 16.3. The van der Waals surface area contributed by atoms with Crippen LogP contribution in [0, 0.1) is 0 Å². The second-order valence-corrected chi connectivity index (χ2v) is 6.33. The van der Waals surface area contributed by atoms with Crippen LogP contribution in [0.1, 0.15) is 29.3 Å². The zero-order valence-electron chi connectivity index (χ0n) is 16.3. The topological polar surface area (TPSA) is 85.7 Å². The van der Waals surface area contributed by atoms with Gasteiger partial charge in [-0.3, -0.25) is 4.79 Å². The standard InChI is InChI=1S/C12H15N3O4.C9H12/c13-12(17)19-9-14-3-1-10(2-4-14)11(16)15-5-7-18-8-6-15;1-2-6-9-7-4-3-5-8-9/h1-4H,5-9H2,(H-,13,17);3-5,7-8H,2,6H2,1H3/p+1. The first-order valence-corrected chi connectivity index (χ1v) is 9.42. The minimum absolute atomic E-state index is 0.0220. The van der Waals surface area contributed by atoms with Gasteiger partial charge in [0, 0.05) is 25.2 Å². The smallest absolute Gasteiger partial charge is 0.389 e. The quantitative estimate of drug-likeness (QED) is 0.798. The third-order valence-corrected chi connectivity index (χ3v) is 4.17. The number of aryl methyl sites for hydroxylation is 1. The molecule has 1 aliphatic heterocycles. The molecule has 2 heterocycles. The largest absolute Gasteiger partial charge is 0.409 e. The second kappa shape index (κ2) is 11.7. The highest BCUT2D eigenvalue weighted by atomic mass is 16.6. The highest BCUT2D eigenvalue weighted by Crippen LogP contribution is 2.05. The van der Waals surface area contributed by atoms with Gasteiger partial charge in [0.15, 0.2) is 12.4 Å². The van der Waals surface area contributed by atoms with Crippen LogP contribution >= 0.6 is 0 Å². The van der Waals surface area contributed by atoms with E-state index in [4.69, 9.17) is 10.5 Å². The molecule has 1 aromatic heterocycles. The van der Waals surface area contributed by atoms with Gasteiger partial charge in [0.05, 0.1) is 18.8 Å². The van der Waals surface area contributed by atoms with E-state index < -0.39 is 6.09 Å². The number of amides is 2. The molecule has 2 amide bonds. The summed E-state index contributed by atoms with van der Waals surface area (Å²) >= 11 is 0. The van der Waals surface area contributed by atoms with E-state index >= 15 is 0 Å². The number of morpholine rings is 1.